The topological polar surface area (TPSA) is 440 Å². The van der Waals surface area contributed by atoms with Crippen molar-refractivity contribution in [1.29, 1.82) is 0 Å². The van der Waals surface area contributed by atoms with Crippen LogP contribution in [0.25, 0.3) is 22.3 Å². The number of aromatic nitrogens is 2. The van der Waals surface area contributed by atoms with Crippen LogP contribution in [0.2, 0.25) is 0 Å². The molecule has 1 saturated heterocycles. The number of esters is 1. The number of fused-ring (bicyclic) bond motifs is 7. The van der Waals surface area contributed by atoms with Crippen LogP contribution in [0.3, 0.4) is 0 Å². The van der Waals surface area contributed by atoms with Crippen molar-refractivity contribution in [2.24, 2.45) is 0 Å². The molecule has 10 rings (SSSR count). The Morgan fingerprint density at radius 2 is 1.45 bits per heavy atom. The number of hydrogen-bond donors (Lipinski definition) is 12. The third kappa shape index (κ3) is 15.7. The molecule has 2 aromatic carbocycles. The van der Waals surface area contributed by atoms with E-state index in [0.29, 0.717) is 72.5 Å². The van der Waals surface area contributed by atoms with Crippen molar-refractivity contribution in [3.05, 3.63) is 98.4 Å². The van der Waals surface area contributed by atoms with Crippen LogP contribution in [-0.4, -0.2) is 201 Å². The number of carbonyl (C=O) groups excluding carboxylic acids is 10. The third-order valence-corrected chi connectivity index (χ3v) is 18.0. The number of aliphatic hydroxyl groups excluding tert-OH is 4. The number of imide groups is 1. The lowest BCUT2D eigenvalue weighted by Gasteiger charge is -2.40. The molecule has 96 heavy (non-hydrogen) atoms. The van der Waals surface area contributed by atoms with Crippen LogP contribution < -0.4 is 52.3 Å². The summed E-state index contributed by atoms with van der Waals surface area (Å²) in [5.74, 6) is -5.60. The summed E-state index contributed by atoms with van der Waals surface area (Å²) in [5, 5.41) is 70.1. The second kappa shape index (κ2) is 31.1. The van der Waals surface area contributed by atoms with Gasteiger partial charge in [-0.1, -0.05) is 43.7 Å². The number of unbranched alkanes of at least 4 members (excludes halogenated alkanes) is 2. The number of aryl methyl sites for hydroxylation is 1. The smallest absolute Gasteiger partial charge is 0.343 e. The van der Waals surface area contributed by atoms with Gasteiger partial charge in [-0.3, -0.25) is 52.8 Å². The van der Waals surface area contributed by atoms with E-state index in [0.717, 1.165) is 45.5 Å². The molecule has 12 N–H and O–H groups in total. The Balaban J connectivity index is 0.681. The first-order valence-corrected chi connectivity index (χ1v) is 32.0. The molecular formula is C65H78N10O21. The van der Waals surface area contributed by atoms with E-state index in [1.807, 2.05) is 6.07 Å². The van der Waals surface area contributed by atoms with Gasteiger partial charge in [-0.25, -0.2) is 9.78 Å². The van der Waals surface area contributed by atoms with Crippen LogP contribution in [0.1, 0.15) is 110 Å². The molecule has 7 heterocycles. The van der Waals surface area contributed by atoms with E-state index >= 15 is 0 Å². The standard InChI is InChI=1S/C65H78N10O21/c1-2-65(91)39-23-43-56-37(29-75(43)63(89)38(39)31-93-64(65)90)54-35(14-15-36-55(54)41(73-56)24-44-60(36)95-33-94-44)12-9-21-92-32-70-50(80)27-69-62(88)42(22-34-10-5-3-6-11-34)72-51(81)28-67-49(79)26-68-61(87)40(71-48(78)13-7-4-8-20-74-52(82)18-19-53(74)83)16-17-47(77)66-25-45-57(84)59(86)58(85)46(30-76)96-45/h3,5-6,10-11,18-19,23-24,35,40,42,45-46,57-59,76,84-86,91H,2,4,7-9,12-17,20-22,25-33H2,1H3,(H,66,77)(H,67,79)(H,68,87)(H,69,88)(H,70,80)(H,71,78)(H,72,81)/t35-,40?,42-,45-,46+,57-,58+,59+,65-/m0/s1. The van der Waals surface area contributed by atoms with Crippen LogP contribution in [0.15, 0.2) is 59.4 Å². The van der Waals surface area contributed by atoms with Gasteiger partial charge in [0.2, 0.25) is 48.1 Å². The molecule has 0 radical (unpaired) electrons. The summed E-state index contributed by atoms with van der Waals surface area (Å²) < 4.78 is 29.9. The number of hydrogen-bond acceptors (Lipinski definition) is 22. The number of ether oxygens (including phenoxy) is 5. The van der Waals surface area contributed by atoms with Crippen molar-refractivity contribution in [2.75, 3.05) is 59.5 Å². The van der Waals surface area contributed by atoms with Crippen molar-refractivity contribution >= 4 is 70.0 Å². The average Bonchev–Trinajstić information content (AvgIpc) is 1.50. The number of carbonyl (C=O) groups is 10. The van der Waals surface area contributed by atoms with Crippen LogP contribution in [0.5, 0.6) is 11.5 Å². The Labute approximate surface area is 548 Å². The number of amides is 9. The predicted octanol–water partition coefficient (Wildman–Crippen LogP) is -2.51. The van der Waals surface area contributed by atoms with Crippen molar-refractivity contribution in [1.82, 2.24) is 51.7 Å². The molecule has 0 bridgehead atoms. The van der Waals surface area contributed by atoms with Gasteiger partial charge in [0.15, 0.2) is 17.1 Å². The van der Waals surface area contributed by atoms with E-state index in [9.17, 15) is 78.3 Å². The average molecular weight is 1340 g/mol. The molecule has 0 saturated carbocycles. The number of aliphatic hydroxyl groups is 5. The first kappa shape index (κ1) is 69.6. The summed E-state index contributed by atoms with van der Waals surface area (Å²) in [5.41, 5.74) is 3.29. The third-order valence-electron chi connectivity index (χ3n) is 18.0. The molecular weight excluding hydrogens is 1260 g/mol. The highest BCUT2D eigenvalue weighted by Crippen LogP contribution is 2.51. The quantitative estimate of drug-likeness (QED) is 0.00944. The molecule has 0 spiro atoms. The minimum atomic E-state index is -1.99. The summed E-state index contributed by atoms with van der Waals surface area (Å²) >= 11 is 0. The second-order valence-corrected chi connectivity index (χ2v) is 24.3. The molecule has 2 aromatic heterocycles. The number of benzene rings is 2. The number of rotatable bonds is 31. The SMILES string of the molecule is CC[C@@]1(O)C(=O)OCc2c1cc1n(c2=O)Cc2c-1nc1cc3c(c4c1c2[C@@H](CCCOCNC(=O)CNC(=O)[C@H](Cc1ccccc1)NC(=O)CNC(=O)CNC(=O)C(CCC(=O)NC[C@@H]1O[C@H](CO)[C@@H](O)[C@H](O)[C@H]1O)NC(=O)CCCCCN1C(=O)C=CC1=O)CC4)OCO3. The Hall–Kier alpha value is -9.24. The van der Waals surface area contributed by atoms with Crippen molar-refractivity contribution < 1.29 is 97.2 Å². The number of nitrogens with one attached hydrogen (secondary N) is 7. The van der Waals surface area contributed by atoms with Gasteiger partial charge < -0.3 is 91.0 Å². The van der Waals surface area contributed by atoms with E-state index in [-0.39, 0.29) is 101 Å². The zero-order valence-corrected chi connectivity index (χ0v) is 52.7. The Morgan fingerprint density at radius 1 is 0.740 bits per heavy atom. The zero-order chi connectivity index (χ0) is 68.4. The highest BCUT2D eigenvalue weighted by atomic mass is 16.7. The van der Waals surface area contributed by atoms with Gasteiger partial charge in [0.05, 0.1) is 55.3 Å². The maximum atomic E-state index is 14.1. The number of nitrogens with zero attached hydrogens (tertiary/aromatic N) is 3. The molecule has 5 aliphatic heterocycles. The van der Waals surface area contributed by atoms with Gasteiger partial charge in [-0.15, -0.1) is 0 Å². The van der Waals surface area contributed by atoms with E-state index in [1.165, 1.54) is 0 Å². The zero-order valence-electron chi connectivity index (χ0n) is 52.7. The summed E-state index contributed by atoms with van der Waals surface area (Å²) in [4.78, 5) is 150. The monoisotopic (exact) mass is 1330 g/mol. The molecule has 6 aliphatic rings. The van der Waals surface area contributed by atoms with Gasteiger partial charge in [-0.2, -0.15) is 0 Å². The van der Waals surface area contributed by atoms with Gasteiger partial charge in [0.25, 0.3) is 17.4 Å². The van der Waals surface area contributed by atoms with Gasteiger partial charge in [0, 0.05) is 79.3 Å². The van der Waals surface area contributed by atoms with E-state index in [4.69, 9.17) is 28.7 Å². The number of pyridine rings is 2. The molecule has 31 nitrogen and oxygen atoms in total. The lowest BCUT2D eigenvalue weighted by Crippen LogP contribution is -2.60. The van der Waals surface area contributed by atoms with Crippen LogP contribution in [-0.2, 0) is 93.8 Å². The van der Waals surface area contributed by atoms with Gasteiger partial charge in [-0.05, 0) is 74.5 Å². The fourth-order valence-corrected chi connectivity index (χ4v) is 12.8. The molecule has 514 valence electrons. The predicted molar refractivity (Wildman–Crippen MR) is 333 cm³/mol. The Bertz CT molecular complexity index is 3750. The van der Waals surface area contributed by atoms with Crippen molar-refractivity contribution in [3.8, 4) is 22.9 Å². The largest absolute Gasteiger partial charge is 0.458 e. The van der Waals surface area contributed by atoms with Crippen LogP contribution in [0.4, 0.5) is 0 Å². The number of cyclic esters (lactones) is 1. The lowest BCUT2D eigenvalue weighted by atomic mass is 9.77. The first-order chi connectivity index (χ1) is 46.2. The van der Waals surface area contributed by atoms with E-state index in [1.54, 1.807) is 47.9 Å². The van der Waals surface area contributed by atoms with Crippen LogP contribution >= 0.6 is 0 Å². The molecule has 4 aromatic rings. The van der Waals surface area contributed by atoms with E-state index in [2.05, 4.69) is 37.2 Å². The molecule has 9 amide bonds. The fourth-order valence-electron chi connectivity index (χ4n) is 12.8. The Kier molecular flexibility index (Phi) is 22.5. The minimum Gasteiger partial charge on any atom is -0.458 e. The molecule has 1 fully saturated rings. The summed E-state index contributed by atoms with van der Waals surface area (Å²) in [7, 11) is 0. The normalized spacial score (nSPS) is 21.7. The highest BCUT2D eigenvalue weighted by Gasteiger charge is 2.47. The molecule has 9 atom stereocenters. The van der Waals surface area contributed by atoms with Crippen molar-refractivity contribution in [3.63, 3.8) is 0 Å². The molecule has 31 heteroatoms. The fraction of sp³-hybridized carbons (Fsp3) is 0.508. The van der Waals surface area contributed by atoms with Crippen molar-refractivity contribution in [2.45, 2.75) is 151 Å². The maximum Gasteiger partial charge on any atom is 0.343 e. The highest BCUT2D eigenvalue weighted by molar-refractivity contribution is 6.12. The first-order valence-electron chi connectivity index (χ1n) is 32.0. The summed E-state index contributed by atoms with van der Waals surface area (Å²) in [6, 6.07) is 9.59. The van der Waals surface area contributed by atoms with E-state index < -0.39 is 134 Å². The molecule has 1 aliphatic carbocycles. The lowest BCUT2D eigenvalue weighted by molar-refractivity contribution is -0.227. The maximum absolute atomic E-state index is 14.1. The second-order valence-electron chi connectivity index (χ2n) is 24.3. The summed E-state index contributed by atoms with van der Waals surface area (Å²) in [6.07, 6.45) is -2.06. The van der Waals surface area contributed by atoms with Gasteiger partial charge >= 0.3 is 5.97 Å². The van der Waals surface area contributed by atoms with Crippen LogP contribution in [0, 0.1) is 0 Å². The Morgan fingerprint density at radius 3 is 2.19 bits per heavy atom. The van der Waals surface area contributed by atoms with Gasteiger partial charge in [0.1, 0.15) is 55.9 Å². The molecule has 1 unspecified atom stereocenters. The minimum absolute atomic E-state index is 0.00169. The summed E-state index contributed by atoms with van der Waals surface area (Å²) in [6.45, 7) is -1.04.